The molecule has 1 aliphatic carbocycles. The first kappa shape index (κ1) is 13.9. The Labute approximate surface area is 99.4 Å². The third-order valence-corrected chi connectivity index (χ3v) is 3.44. The van der Waals surface area contributed by atoms with E-state index in [1.165, 1.54) is 25.7 Å². The summed E-state index contributed by atoms with van der Waals surface area (Å²) < 4.78 is 5.67. The monoisotopic (exact) mass is 229 g/mol. The van der Waals surface area contributed by atoms with Crippen molar-refractivity contribution in [2.45, 2.75) is 63.3 Å². The number of aliphatic hydroxyl groups excluding tert-OH is 1. The Morgan fingerprint density at radius 2 is 1.69 bits per heavy atom. The van der Waals surface area contributed by atoms with Crippen LogP contribution in [-0.4, -0.2) is 30.5 Å². The van der Waals surface area contributed by atoms with Gasteiger partial charge in [0.05, 0.1) is 6.61 Å². The number of hydrogen-bond donors (Lipinski definition) is 2. The third kappa shape index (κ3) is 5.83. The zero-order chi connectivity index (χ0) is 11.7. The average molecular weight is 229 g/mol. The van der Waals surface area contributed by atoms with Gasteiger partial charge in [-0.1, -0.05) is 25.7 Å². The Hall–Kier alpha value is -0.120. The van der Waals surface area contributed by atoms with Gasteiger partial charge >= 0.3 is 0 Å². The molecule has 0 atom stereocenters. The Kier molecular flexibility index (Phi) is 7.01. The fraction of sp³-hybridized carbons (Fsp3) is 1.00. The molecular formula is C13H27NO2. The number of rotatable bonds is 7. The minimum Gasteiger partial charge on any atom is -0.396 e. The minimum absolute atomic E-state index is 0.0620. The molecule has 0 radical (unpaired) electrons. The maximum Gasteiger partial charge on any atom is 0.0646 e. The highest BCUT2D eigenvalue weighted by atomic mass is 16.5. The van der Waals surface area contributed by atoms with Crippen LogP contribution in [0.25, 0.3) is 0 Å². The SMILES string of the molecule is NC1(COCCCCCO)CCCCCC1. The molecule has 0 saturated heterocycles. The summed E-state index contributed by atoms with van der Waals surface area (Å²) in [5.74, 6) is 0. The van der Waals surface area contributed by atoms with E-state index >= 15 is 0 Å². The highest BCUT2D eigenvalue weighted by molar-refractivity contribution is 4.85. The number of unbranched alkanes of at least 4 members (excludes halogenated alkanes) is 2. The maximum atomic E-state index is 8.64. The van der Waals surface area contributed by atoms with Gasteiger partial charge in [-0.2, -0.15) is 0 Å². The van der Waals surface area contributed by atoms with E-state index in [9.17, 15) is 0 Å². The van der Waals surface area contributed by atoms with Gasteiger partial charge in [0.15, 0.2) is 0 Å². The van der Waals surface area contributed by atoms with Crippen LogP contribution in [0.15, 0.2) is 0 Å². The molecule has 96 valence electrons. The molecule has 0 heterocycles. The van der Waals surface area contributed by atoms with Gasteiger partial charge in [-0.25, -0.2) is 0 Å². The van der Waals surface area contributed by atoms with Crippen molar-refractivity contribution in [3.8, 4) is 0 Å². The first-order chi connectivity index (χ1) is 7.77. The Bertz CT molecular complexity index is 165. The van der Waals surface area contributed by atoms with Gasteiger partial charge in [-0.3, -0.25) is 0 Å². The lowest BCUT2D eigenvalue weighted by Gasteiger charge is -2.27. The molecule has 3 heteroatoms. The molecule has 1 saturated carbocycles. The smallest absolute Gasteiger partial charge is 0.0646 e. The molecule has 0 aromatic rings. The zero-order valence-corrected chi connectivity index (χ0v) is 10.4. The van der Waals surface area contributed by atoms with Crippen molar-refractivity contribution in [3.63, 3.8) is 0 Å². The first-order valence-corrected chi connectivity index (χ1v) is 6.74. The summed E-state index contributed by atoms with van der Waals surface area (Å²) in [6.45, 7) is 1.80. The predicted octanol–water partition coefficient (Wildman–Crippen LogP) is 2.22. The van der Waals surface area contributed by atoms with Crippen LogP contribution in [0.2, 0.25) is 0 Å². The topological polar surface area (TPSA) is 55.5 Å². The Morgan fingerprint density at radius 1 is 1.00 bits per heavy atom. The summed E-state index contributed by atoms with van der Waals surface area (Å²) in [6.07, 6.45) is 10.4. The van der Waals surface area contributed by atoms with Gasteiger partial charge in [0.2, 0.25) is 0 Å². The second kappa shape index (κ2) is 8.04. The Balaban J connectivity index is 2.05. The van der Waals surface area contributed by atoms with Gasteiger partial charge in [0.25, 0.3) is 0 Å². The van der Waals surface area contributed by atoms with Crippen molar-refractivity contribution in [1.29, 1.82) is 0 Å². The summed E-state index contributed by atoms with van der Waals surface area (Å²) >= 11 is 0. The fourth-order valence-electron chi connectivity index (χ4n) is 2.35. The molecule has 0 aromatic carbocycles. The van der Waals surface area contributed by atoms with Crippen molar-refractivity contribution in [2.24, 2.45) is 5.73 Å². The number of aliphatic hydroxyl groups is 1. The van der Waals surface area contributed by atoms with Crippen LogP contribution in [0.4, 0.5) is 0 Å². The molecule has 16 heavy (non-hydrogen) atoms. The Morgan fingerprint density at radius 3 is 2.31 bits per heavy atom. The van der Waals surface area contributed by atoms with Crippen LogP contribution in [0.1, 0.15) is 57.8 Å². The van der Waals surface area contributed by atoms with Gasteiger partial charge in [0.1, 0.15) is 0 Å². The molecule has 0 spiro atoms. The standard InChI is InChI=1S/C13H27NO2/c14-13(8-4-1-2-5-9-13)12-16-11-7-3-6-10-15/h15H,1-12,14H2. The van der Waals surface area contributed by atoms with Gasteiger partial charge in [0, 0.05) is 18.8 Å². The number of hydrogen-bond acceptors (Lipinski definition) is 3. The fourth-order valence-corrected chi connectivity index (χ4v) is 2.35. The molecule has 3 nitrogen and oxygen atoms in total. The molecule has 3 N–H and O–H groups in total. The van der Waals surface area contributed by atoms with Gasteiger partial charge in [-0.05, 0) is 32.1 Å². The zero-order valence-electron chi connectivity index (χ0n) is 10.4. The largest absolute Gasteiger partial charge is 0.396 e. The summed E-state index contributed by atoms with van der Waals surface area (Å²) in [7, 11) is 0. The molecule has 1 fully saturated rings. The summed E-state index contributed by atoms with van der Waals surface area (Å²) in [5.41, 5.74) is 6.27. The van der Waals surface area contributed by atoms with Crippen LogP contribution in [0.5, 0.6) is 0 Å². The summed E-state index contributed by atoms with van der Waals surface area (Å²) in [6, 6.07) is 0. The lowest BCUT2D eigenvalue weighted by atomic mass is 9.93. The van der Waals surface area contributed by atoms with Crippen molar-refractivity contribution in [1.82, 2.24) is 0 Å². The van der Waals surface area contributed by atoms with E-state index in [0.29, 0.717) is 13.2 Å². The van der Waals surface area contributed by atoms with Crippen molar-refractivity contribution < 1.29 is 9.84 Å². The summed E-state index contributed by atoms with van der Waals surface area (Å²) in [4.78, 5) is 0. The lowest BCUT2D eigenvalue weighted by molar-refractivity contribution is 0.0746. The number of nitrogens with two attached hydrogens (primary N) is 1. The van der Waals surface area contributed by atoms with E-state index in [0.717, 1.165) is 38.7 Å². The van der Waals surface area contributed by atoms with E-state index in [4.69, 9.17) is 15.6 Å². The van der Waals surface area contributed by atoms with Crippen molar-refractivity contribution in [3.05, 3.63) is 0 Å². The summed E-state index contributed by atoms with van der Waals surface area (Å²) in [5, 5.41) is 8.64. The second-order valence-electron chi connectivity index (χ2n) is 5.11. The molecular weight excluding hydrogens is 202 g/mol. The minimum atomic E-state index is -0.0620. The molecule has 0 unspecified atom stereocenters. The highest BCUT2D eigenvalue weighted by Crippen LogP contribution is 2.25. The molecule has 0 aliphatic heterocycles. The normalized spacial score (nSPS) is 20.6. The molecule has 0 aromatic heterocycles. The molecule has 0 bridgehead atoms. The molecule has 0 amide bonds. The molecule has 1 aliphatic rings. The predicted molar refractivity (Wildman–Crippen MR) is 66.4 cm³/mol. The van der Waals surface area contributed by atoms with Crippen molar-refractivity contribution in [2.75, 3.05) is 19.8 Å². The van der Waals surface area contributed by atoms with E-state index < -0.39 is 0 Å². The van der Waals surface area contributed by atoms with Crippen molar-refractivity contribution >= 4 is 0 Å². The van der Waals surface area contributed by atoms with E-state index in [-0.39, 0.29) is 5.54 Å². The van der Waals surface area contributed by atoms with E-state index in [1.807, 2.05) is 0 Å². The van der Waals surface area contributed by atoms with Gasteiger partial charge in [-0.15, -0.1) is 0 Å². The quantitative estimate of drug-likeness (QED) is 0.520. The highest BCUT2D eigenvalue weighted by Gasteiger charge is 2.26. The van der Waals surface area contributed by atoms with E-state index in [2.05, 4.69) is 0 Å². The maximum absolute atomic E-state index is 8.64. The second-order valence-corrected chi connectivity index (χ2v) is 5.11. The van der Waals surface area contributed by atoms with Crippen LogP contribution in [0, 0.1) is 0 Å². The van der Waals surface area contributed by atoms with E-state index in [1.54, 1.807) is 0 Å². The van der Waals surface area contributed by atoms with Crippen LogP contribution >= 0.6 is 0 Å². The first-order valence-electron chi connectivity index (χ1n) is 6.74. The molecule has 1 rings (SSSR count). The van der Waals surface area contributed by atoms with Gasteiger partial charge < -0.3 is 15.6 Å². The van der Waals surface area contributed by atoms with Crippen LogP contribution in [0.3, 0.4) is 0 Å². The van der Waals surface area contributed by atoms with Crippen LogP contribution < -0.4 is 5.73 Å². The lowest BCUT2D eigenvalue weighted by Crippen LogP contribution is -2.44. The van der Waals surface area contributed by atoms with Crippen LogP contribution in [-0.2, 0) is 4.74 Å². The third-order valence-electron chi connectivity index (χ3n) is 3.44. The average Bonchev–Trinajstić information content (AvgIpc) is 2.49. The number of ether oxygens (including phenoxy) is 1.